The number of aliphatic hydroxyl groups excluding tert-OH is 2. The Kier molecular flexibility index (Phi) is 10.5. The van der Waals surface area contributed by atoms with E-state index >= 15 is 0 Å². The van der Waals surface area contributed by atoms with Gasteiger partial charge >= 0.3 is 11.9 Å². The molecule has 2 aliphatic rings. The van der Waals surface area contributed by atoms with Crippen molar-refractivity contribution in [1.29, 1.82) is 0 Å². The van der Waals surface area contributed by atoms with Gasteiger partial charge in [0.25, 0.3) is 0 Å². The first-order valence-corrected chi connectivity index (χ1v) is 11.1. The van der Waals surface area contributed by atoms with Gasteiger partial charge in [0.2, 0.25) is 0 Å². The maximum absolute atomic E-state index is 9.77. The van der Waals surface area contributed by atoms with Crippen LogP contribution in [0, 0.1) is 5.92 Å². The predicted octanol–water partition coefficient (Wildman–Crippen LogP) is 2.22. The monoisotopic (exact) mass is 476 g/mol. The van der Waals surface area contributed by atoms with Gasteiger partial charge in [-0.25, -0.2) is 9.59 Å². The topological polar surface area (TPSA) is 130 Å². The standard InChI is InChI=1S/C17H24Cl2N2.C4H6O6/c18-15-7-14(8-16(19)9-15)12-21(17-3-1-2-4-17)11-13-5-6-20-10-13;5-1(3(7)8)2(6)4(9)10/h7-9,13,17,20H,1-6,10-12H2;1-2,5-6H,(H,7,8)(H,9,10)/t13-;/m1./s1. The number of nitrogens with one attached hydrogen (secondary N) is 1. The molecule has 3 rings (SSSR count). The smallest absolute Gasteiger partial charge is 0.335 e. The molecule has 1 heterocycles. The molecular formula is C21H30Cl2N2O6. The average Bonchev–Trinajstić information content (AvgIpc) is 3.40. The van der Waals surface area contributed by atoms with E-state index in [2.05, 4.69) is 22.3 Å². The number of benzene rings is 1. The quantitative estimate of drug-likeness (QED) is 0.386. The maximum atomic E-state index is 9.77. The summed E-state index contributed by atoms with van der Waals surface area (Å²) < 4.78 is 0. The fraction of sp³-hybridized carbons (Fsp3) is 0.619. The van der Waals surface area contributed by atoms with Gasteiger partial charge < -0.3 is 25.7 Å². The fourth-order valence-electron chi connectivity index (χ4n) is 4.02. The van der Waals surface area contributed by atoms with Gasteiger partial charge in [-0.1, -0.05) is 36.0 Å². The molecule has 2 unspecified atom stereocenters. The van der Waals surface area contributed by atoms with Crippen LogP contribution in [0.15, 0.2) is 18.2 Å². The van der Waals surface area contributed by atoms with Crippen molar-refractivity contribution in [3.05, 3.63) is 33.8 Å². The van der Waals surface area contributed by atoms with Crippen molar-refractivity contribution < 1.29 is 30.0 Å². The molecule has 2 fully saturated rings. The number of hydrogen-bond donors (Lipinski definition) is 5. The molecular weight excluding hydrogens is 447 g/mol. The van der Waals surface area contributed by atoms with Gasteiger partial charge in [0.1, 0.15) is 0 Å². The zero-order valence-electron chi connectivity index (χ0n) is 17.2. The number of carbonyl (C=O) groups is 2. The van der Waals surface area contributed by atoms with Crippen molar-refractivity contribution in [2.75, 3.05) is 19.6 Å². The van der Waals surface area contributed by atoms with Gasteiger partial charge in [0.05, 0.1) is 0 Å². The van der Waals surface area contributed by atoms with Crippen molar-refractivity contribution >= 4 is 35.1 Å². The second-order valence-electron chi connectivity index (χ2n) is 8.07. The van der Waals surface area contributed by atoms with E-state index in [1.165, 1.54) is 57.3 Å². The van der Waals surface area contributed by atoms with Gasteiger partial charge in [-0.3, -0.25) is 4.90 Å². The highest BCUT2D eigenvalue weighted by Crippen LogP contribution is 2.28. The number of aliphatic hydroxyl groups is 2. The minimum atomic E-state index is -2.27. The van der Waals surface area contributed by atoms with Crippen molar-refractivity contribution in [2.45, 2.75) is 56.9 Å². The highest BCUT2D eigenvalue weighted by Gasteiger charge is 2.29. The zero-order chi connectivity index (χ0) is 23.0. The summed E-state index contributed by atoms with van der Waals surface area (Å²) in [4.78, 5) is 22.2. The molecule has 8 nitrogen and oxygen atoms in total. The Hall–Kier alpha value is -1.42. The molecule has 10 heteroatoms. The summed E-state index contributed by atoms with van der Waals surface area (Å²) in [6, 6.07) is 6.67. The zero-order valence-corrected chi connectivity index (χ0v) is 18.7. The average molecular weight is 477 g/mol. The minimum absolute atomic E-state index is 0.739. The second kappa shape index (κ2) is 12.6. The van der Waals surface area contributed by atoms with Crippen LogP contribution in [0.4, 0.5) is 0 Å². The van der Waals surface area contributed by atoms with Crippen LogP contribution in [0.25, 0.3) is 0 Å². The summed E-state index contributed by atoms with van der Waals surface area (Å²) in [6.07, 6.45) is 2.21. The summed E-state index contributed by atoms with van der Waals surface area (Å²) in [5.74, 6) is -2.75. The highest BCUT2D eigenvalue weighted by atomic mass is 35.5. The number of halogens is 2. The van der Waals surface area contributed by atoms with E-state index in [1.807, 2.05) is 6.07 Å². The summed E-state index contributed by atoms with van der Waals surface area (Å²) in [5.41, 5.74) is 1.24. The molecule has 1 aromatic rings. The summed E-state index contributed by atoms with van der Waals surface area (Å²) in [7, 11) is 0. The molecule has 1 aliphatic carbocycles. The van der Waals surface area contributed by atoms with Crippen molar-refractivity contribution in [3.63, 3.8) is 0 Å². The van der Waals surface area contributed by atoms with Crippen molar-refractivity contribution in [3.8, 4) is 0 Å². The van der Waals surface area contributed by atoms with Crippen molar-refractivity contribution in [2.24, 2.45) is 5.92 Å². The highest BCUT2D eigenvalue weighted by molar-refractivity contribution is 6.34. The molecule has 1 aliphatic heterocycles. The molecule has 1 aromatic carbocycles. The first-order valence-electron chi connectivity index (χ1n) is 10.4. The molecule has 5 N–H and O–H groups in total. The third kappa shape index (κ3) is 8.56. The van der Waals surface area contributed by atoms with Gasteiger partial charge in [0.15, 0.2) is 12.2 Å². The third-order valence-corrected chi connectivity index (χ3v) is 6.05. The van der Waals surface area contributed by atoms with Crippen molar-refractivity contribution in [1.82, 2.24) is 10.2 Å². The maximum Gasteiger partial charge on any atom is 0.335 e. The van der Waals surface area contributed by atoms with Gasteiger partial charge in [-0.15, -0.1) is 0 Å². The lowest BCUT2D eigenvalue weighted by Crippen LogP contribution is -2.39. The van der Waals surface area contributed by atoms with Crippen LogP contribution in [-0.2, 0) is 16.1 Å². The third-order valence-electron chi connectivity index (χ3n) is 5.61. The number of carboxylic acids is 2. The number of rotatable bonds is 8. The largest absolute Gasteiger partial charge is 0.479 e. The van der Waals surface area contributed by atoms with Crippen LogP contribution >= 0.6 is 23.2 Å². The predicted molar refractivity (Wildman–Crippen MR) is 117 cm³/mol. The van der Waals surface area contributed by atoms with E-state index in [0.29, 0.717) is 0 Å². The molecule has 0 aromatic heterocycles. The number of aliphatic carboxylic acids is 2. The van der Waals surface area contributed by atoms with Crippen LogP contribution in [0.1, 0.15) is 37.7 Å². The normalized spacial score (nSPS) is 20.9. The molecule has 0 radical (unpaired) electrons. The summed E-state index contributed by atoms with van der Waals surface area (Å²) in [6.45, 7) is 4.51. The van der Waals surface area contributed by atoms with E-state index in [4.69, 9.17) is 43.6 Å². The Labute approximate surface area is 191 Å². The Balaban J connectivity index is 0.000000291. The van der Waals surface area contributed by atoms with Gasteiger partial charge in [-0.05, 0) is 62.0 Å². The molecule has 1 saturated carbocycles. The Bertz CT molecular complexity index is 700. The van der Waals surface area contributed by atoms with E-state index < -0.39 is 24.1 Å². The molecule has 174 valence electrons. The van der Waals surface area contributed by atoms with Crippen LogP contribution in [-0.4, -0.2) is 75.1 Å². The van der Waals surface area contributed by atoms with Crippen LogP contribution in [0.5, 0.6) is 0 Å². The molecule has 31 heavy (non-hydrogen) atoms. The fourth-order valence-corrected chi connectivity index (χ4v) is 4.59. The minimum Gasteiger partial charge on any atom is -0.479 e. The second-order valence-corrected chi connectivity index (χ2v) is 8.94. The molecule has 1 saturated heterocycles. The lowest BCUT2D eigenvalue weighted by molar-refractivity contribution is -0.165. The molecule has 0 spiro atoms. The lowest BCUT2D eigenvalue weighted by Gasteiger charge is -2.31. The number of carboxylic acid groups (broad SMARTS) is 2. The SMILES string of the molecule is Clc1cc(Cl)cc(CN(C[C@@H]2CCNC2)C2CCCC2)c1.O=C(O)C(O)C(O)C(=O)O. The first-order chi connectivity index (χ1) is 14.7. The Morgan fingerprint density at radius 3 is 2.00 bits per heavy atom. The number of hydrogen-bond acceptors (Lipinski definition) is 6. The van der Waals surface area contributed by atoms with Gasteiger partial charge in [0, 0.05) is 29.2 Å². The van der Waals surface area contributed by atoms with Crippen LogP contribution < -0.4 is 5.32 Å². The number of nitrogens with zero attached hydrogens (tertiary/aromatic N) is 1. The van der Waals surface area contributed by atoms with E-state index in [1.54, 1.807) is 0 Å². The Morgan fingerprint density at radius 1 is 1.00 bits per heavy atom. The van der Waals surface area contributed by atoms with E-state index in [-0.39, 0.29) is 0 Å². The van der Waals surface area contributed by atoms with E-state index in [9.17, 15) is 9.59 Å². The first kappa shape index (κ1) is 25.8. The van der Waals surface area contributed by atoms with Crippen LogP contribution in [0.3, 0.4) is 0 Å². The van der Waals surface area contributed by atoms with Gasteiger partial charge in [-0.2, -0.15) is 0 Å². The molecule has 0 amide bonds. The molecule has 3 atom stereocenters. The summed E-state index contributed by atoms with van der Waals surface area (Å²) in [5, 5.41) is 37.5. The summed E-state index contributed by atoms with van der Waals surface area (Å²) >= 11 is 12.3. The van der Waals surface area contributed by atoms with Crippen LogP contribution in [0.2, 0.25) is 10.0 Å². The molecule has 0 bridgehead atoms. The lowest BCUT2D eigenvalue weighted by atomic mass is 10.1. The Morgan fingerprint density at radius 2 is 1.55 bits per heavy atom. The van der Waals surface area contributed by atoms with E-state index in [0.717, 1.165) is 28.5 Å².